The van der Waals surface area contributed by atoms with E-state index in [9.17, 15) is 0 Å². The number of halogens is 1. The third kappa shape index (κ3) is 2.72. The highest BCUT2D eigenvalue weighted by atomic mass is 79.9. The fourth-order valence-corrected chi connectivity index (χ4v) is 3.16. The molecule has 3 rings (SSSR count). The lowest BCUT2D eigenvalue weighted by Crippen LogP contribution is -2.40. The molecule has 0 radical (unpaired) electrons. The van der Waals surface area contributed by atoms with Gasteiger partial charge in [-0.15, -0.1) is 10.2 Å². The number of rotatable bonds is 4. The number of aromatic nitrogens is 3. The third-order valence-electron chi connectivity index (χ3n) is 3.84. The van der Waals surface area contributed by atoms with Gasteiger partial charge in [-0.2, -0.15) is 0 Å². The standard InChI is InChI=1S/C14H17BrN4/c1-19-9-17-18-14(19)8-16-11-6-10(7-11)12-4-2-3-5-13(12)15/h2-5,9-11,16H,6-8H2,1H3. The van der Waals surface area contributed by atoms with Crippen LogP contribution in [0.3, 0.4) is 0 Å². The van der Waals surface area contributed by atoms with Crippen LogP contribution in [0.15, 0.2) is 35.1 Å². The van der Waals surface area contributed by atoms with Crippen LogP contribution < -0.4 is 5.32 Å². The Bertz CT molecular complexity index is 560. The molecule has 0 atom stereocenters. The van der Waals surface area contributed by atoms with Crippen LogP contribution in [0.25, 0.3) is 0 Å². The van der Waals surface area contributed by atoms with Crippen molar-refractivity contribution in [2.45, 2.75) is 31.3 Å². The number of benzene rings is 1. The van der Waals surface area contributed by atoms with Gasteiger partial charge in [-0.3, -0.25) is 0 Å². The van der Waals surface area contributed by atoms with E-state index in [1.807, 2.05) is 11.6 Å². The van der Waals surface area contributed by atoms with E-state index in [-0.39, 0.29) is 0 Å². The number of aryl methyl sites for hydroxylation is 1. The molecule has 0 saturated heterocycles. The molecule has 5 heteroatoms. The molecule has 0 bridgehead atoms. The number of hydrogen-bond acceptors (Lipinski definition) is 3. The molecular formula is C14H17BrN4. The van der Waals surface area contributed by atoms with Crippen molar-refractivity contribution in [3.05, 3.63) is 46.5 Å². The Morgan fingerprint density at radius 2 is 2.16 bits per heavy atom. The molecule has 1 N–H and O–H groups in total. The molecule has 0 aliphatic heterocycles. The molecule has 100 valence electrons. The van der Waals surface area contributed by atoms with E-state index in [1.165, 1.54) is 22.9 Å². The summed E-state index contributed by atoms with van der Waals surface area (Å²) >= 11 is 3.63. The zero-order valence-corrected chi connectivity index (χ0v) is 12.5. The van der Waals surface area contributed by atoms with Gasteiger partial charge < -0.3 is 9.88 Å². The molecular weight excluding hydrogens is 304 g/mol. The summed E-state index contributed by atoms with van der Waals surface area (Å²) in [5, 5.41) is 11.5. The maximum absolute atomic E-state index is 4.08. The summed E-state index contributed by atoms with van der Waals surface area (Å²) in [5.74, 6) is 1.66. The van der Waals surface area contributed by atoms with E-state index in [4.69, 9.17) is 0 Å². The normalized spacial score (nSPS) is 22.2. The Morgan fingerprint density at radius 1 is 1.37 bits per heavy atom. The van der Waals surface area contributed by atoms with Gasteiger partial charge >= 0.3 is 0 Å². The molecule has 1 heterocycles. The van der Waals surface area contributed by atoms with Crippen molar-refractivity contribution in [1.82, 2.24) is 20.1 Å². The summed E-state index contributed by atoms with van der Waals surface area (Å²) in [6.45, 7) is 0.795. The zero-order chi connectivity index (χ0) is 13.2. The molecule has 2 aromatic rings. The summed E-state index contributed by atoms with van der Waals surface area (Å²) in [6.07, 6.45) is 4.13. The lowest BCUT2D eigenvalue weighted by Gasteiger charge is -2.36. The first kappa shape index (κ1) is 12.8. The predicted octanol–water partition coefficient (Wildman–Crippen LogP) is 2.61. The summed E-state index contributed by atoms with van der Waals surface area (Å²) in [6, 6.07) is 9.11. The lowest BCUT2D eigenvalue weighted by atomic mass is 9.76. The molecule has 1 aromatic heterocycles. The minimum absolute atomic E-state index is 0.591. The fraction of sp³-hybridized carbons (Fsp3) is 0.429. The van der Waals surface area contributed by atoms with Gasteiger partial charge in [0.2, 0.25) is 0 Å². The third-order valence-corrected chi connectivity index (χ3v) is 4.56. The Balaban J connectivity index is 1.51. The lowest BCUT2D eigenvalue weighted by molar-refractivity contribution is 0.286. The van der Waals surface area contributed by atoms with E-state index in [2.05, 4.69) is 55.7 Å². The second-order valence-electron chi connectivity index (χ2n) is 5.13. The first-order valence-electron chi connectivity index (χ1n) is 6.54. The molecule has 1 aliphatic rings. The Morgan fingerprint density at radius 3 is 2.84 bits per heavy atom. The van der Waals surface area contributed by atoms with Gasteiger partial charge in [0.25, 0.3) is 0 Å². The maximum Gasteiger partial charge on any atom is 0.146 e. The van der Waals surface area contributed by atoms with E-state index >= 15 is 0 Å². The highest BCUT2D eigenvalue weighted by molar-refractivity contribution is 9.10. The molecule has 1 aromatic carbocycles. The van der Waals surface area contributed by atoms with Crippen LogP contribution in [0.5, 0.6) is 0 Å². The van der Waals surface area contributed by atoms with Crippen molar-refractivity contribution in [3.63, 3.8) is 0 Å². The van der Waals surface area contributed by atoms with Crippen LogP contribution in [0.1, 0.15) is 30.1 Å². The summed E-state index contributed by atoms with van der Waals surface area (Å²) in [7, 11) is 1.97. The largest absolute Gasteiger partial charge is 0.320 e. The summed E-state index contributed by atoms with van der Waals surface area (Å²) in [4.78, 5) is 0. The van der Waals surface area contributed by atoms with E-state index in [1.54, 1.807) is 6.33 Å². The van der Waals surface area contributed by atoms with Crippen molar-refractivity contribution in [1.29, 1.82) is 0 Å². The topological polar surface area (TPSA) is 42.7 Å². The Kier molecular flexibility index (Phi) is 3.66. The predicted molar refractivity (Wildman–Crippen MR) is 77.7 cm³/mol. The summed E-state index contributed by atoms with van der Waals surface area (Å²) < 4.78 is 3.18. The maximum atomic E-state index is 4.08. The second-order valence-corrected chi connectivity index (χ2v) is 5.98. The van der Waals surface area contributed by atoms with Crippen molar-refractivity contribution in [2.75, 3.05) is 0 Å². The van der Waals surface area contributed by atoms with Gasteiger partial charge in [-0.25, -0.2) is 0 Å². The molecule has 0 unspecified atom stereocenters. The number of nitrogens with one attached hydrogen (secondary N) is 1. The highest BCUT2D eigenvalue weighted by Gasteiger charge is 2.31. The van der Waals surface area contributed by atoms with Gasteiger partial charge in [0.15, 0.2) is 0 Å². The van der Waals surface area contributed by atoms with Crippen molar-refractivity contribution >= 4 is 15.9 Å². The van der Waals surface area contributed by atoms with Gasteiger partial charge in [-0.05, 0) is 30.4 Å². The van der Waals surface area contributed by atoms with Crippen LogP contribution in [0.2, 0.25) is 0 Å². The van der Waals surface area contributed by atoms with Crippen molar-refractivity contribution in [2.24, 2.45) is 7.05 Å². The van der Waals surface area contributed by atoms with Crippen molar-refractivity contribution < 1.29 is 0 Å². The minimum Gasteiger partial charge on any atom is -0.320 e. The fourth-order valence-electron chi connectivity index (χ4n) is 2.55. The van der Waals surface area contributed by atoms with Gasteiger partial charge in [0.05, 0.1) is 6.54 Å². The van der Waals surface area contributed by atoms with Gasteiger partial charge in [-0.1, -0.05) is 34.1 Å². The molecule has 19 heavy (non-hydrogen) atoms. The molecule has 1 saturated carbocycles. The molecule has 0 spiro atoms. The average molecular weight is 321 g/mol. The van der Waals surface area contributed by atoms with Crippen LogP contribution in [0.4, 0.5) is 0 Å². The molecule has 1 fully saturated rings. The number of hydrogen-bond donors (Lipinski definition) is 1. The van der Waals surface area contributed by atoms with E-state index in [0.717, 1.165) is 12.4 Å². The zero-order valence-electron chi connectivity index (χ0n) is 10.9. The molecule has 1 aliphatic carbocycles. The average Bonchev–Trinajstić information content (AvgIpc) is 2.75. The quantitative estimate of drug-likeness (QED) is 0.941. The first-order valence-corrected chi connectivity index (χ1v) is 7.34. The van der Waals surface area contributed by atoms with Crippen LogP contribution in [-0.2, 0) is 13.6 Å². The minimum atomic E-state index is 0.591. The van der Waals surface area contributed by atoms with E-state index in [0.29, 0.717) is 12.0 Å². The first-order chi connectivity index (χ1) is 9.24. The summed E-state index contributed by atoms with van der Waals surface area (Å²) in [5.41, 5.74) is 1.43. The van der Waals surface area contributed by atoms with Crippen molar-refractivity contribution in [3.8, 4) is 0 Å². The van der Waals surface area contributed by atoms with Gasteiger partial charge in [0, 0.05) is 17.6 Å². The monoisotopic (exact) mass is 320 g/mol. The van der Waals surface area contributed by atoms with Gasteiger partial charge in [0.1, 0.15) is 12.2 Å². The Hall–Kier alpha value is -1.20. The van der Waals surface area contributed by atoms with Crippen LogP contribution in [-0.4, -0.2) is 20.8 Å². The SMILES string of the molecule is Cn1cnnc1CNC1CC(c2ccccc2Br)C1. The smallest absolute Gasteiger partial charge is 0.146 e. The molecule has 4 nitrogen and oxygen atoms in total. The molecule has 0 amide bonds. The highest BCUT2D eigenvalue weighted by Crippen LogP contribution is 2.39. The second kappa shape index (κ2) is 5.43. The van der Waals surface area contributed by atoms with E-state index < -0.39 is 0 Å². The number of nitrogens with zero attached hydrogens (tertiary/aromatic N) is 3. The van der Waals surface area contributed by atoms with Crippen LogP contribution >= 0.6 is 15.9 Å². The van der Waals surface area contributed by atoms with Crippen LogP contribution in [0, 0.1) is 0 Å². The Labute approximate surface area is 121 Å².